The normalized spacial score (nSPS) is 10.9. The number of halogens is 3. The van der Waals surface area contributed by atoms with Gasteiger partial charge in [-0.25, -0.2) is 0 Å². The Balaban J connectivity index is 1.88. The van der Waals surface area contributed by atoms with Gasteiger partial charge >= 0.3 is 0 Å². The molecule has 0 saturated heterocycles. The second kappa shape index (κ2) is 12.4. The summed E-state index contributed by atoms with van der Waals surface area (Å²) in [6, 6.07) is 16.0. The number of carbonyl (C=O) groups is 1. The molecule has 0 spiro atoms. The SMILES string of the molecule is CCOc1cc(/C=C(\C#N)C(=O)Nc2cc([N+](=O)[O-])ccc2Cl)cc(Br)c1OCc1ccccc1Cl. The Morgan fingerprint density at radius 3 is 2.58 bits per heavy atom. The van der Waals surface area contributed by atoms with E-state index < -0.39 is 10.8 Å². The number of non-ortho nitro benzene ring substituents is 1. The lowest BCUT2D eigenvalue weighted by atomic mass is 10.1. The van der Waals surface area contributed by atoms with Crippen molar-refractivity contribution in [3.63, 3.8) is 0 Å². The Morgan fingerprint density at radius 2 is 1.92 bits per heavy atom. The van der Waals surface area contributed by atoms with Gasteiger partial charge in [0, 0.05) is 22.7 Å². The molecule has 3 rings (SSSR count). The van der Waals surface area contributed by atoms with Gasteiger partial charge < -0.3 is 14.8 Å². The fourth-order valence-corrected chi connectivity index (χ4v) is 4.00. The maximum atomic E-state index is 12.7. The fourth-order valence-electron chi connectivity index (χ4n) is 3.07. The van der Waals surface area contributed by atoms with Crippen LogP contribution in [0.2, 0.25) is 10.0 Å². The van der Waals surface area contributed by atoms with Crippen LogP contribution in [0.25, 0.3) is 6.08 Å². The van der Waals surface area contributed by atoms with Crippen molar-refractivity contribution in [3.05, 3.63) is 95.9 Å². The second-order valence-electron chi connectivity index (χ2n) is 7.19. The van der Waals surface area contributed by atoms with Crippen molar-refractivity contribution in [2.75, 3.05) is 11.9 Å². The molecule has 0 aliphatic carbocycles. The Labute approximate surface area is 225 Å². The van der Waals surface area contributed by atoms with Gasteiger partial charge in [-0.05, 0) is 58.8 Å². The zero-order chi connectivity index (χ0) is 26.2. The van der Waals surface area contributed by atoms with Crippen LogP contribution < -0.4 is 14.8 Å². The van der Waals surface area contributed by atoms with Crippen molar-refractivity contribution < 1.29 is 19.2 Å². The number of amides is 1. The lowest BCUT2D eigenvalue weighted by molar-refractivity contribution is -0.384. The van der Waals surface area contributed by atoms with Gasteiger partial charge in [-0.1, -0.05) is 41.4 Å². The number of nitrogens with zero attached hydrogens (tertiary/aromatic N) is 2. The number of ether oxygens (including phenoxy) is 2. The van der Waals surface area contributed by atoms with Crippen molar-refractivity contribution in [2.24, 2.45) is 0 Å². The smallest absolute Gasteiger partial charge is 0.271 e. The van der Waals surface area contributed by atoms with Gasteiger partial charge in [-0.15, -0.1) is 0 Å². The number of benzene rings is 3. The molecule has 0 radical (unpaired) electrons. The molecule has 0 atom stereocenters. The number of nitriles is 1. The number of hydrogen-bond donors (Lipinski definition) is 1. The molecular weight excluding hydrogens is 573 g/mol. The van der Waals surface area contributed by atoms with Gasteiger partial charge in [0.15, 0.2) is 11.5 Å². The summed E-state index contributed by atoms with van der Waals surface area (Å²) >= 11 is 15.7. The van der Waals surface area contributed by atoms with Gasteiger partial charge in [0.25, 0.3) is 11.6 Å². The minimum atomic E-state index is -0.784. The Morgan fingerprint density at radius 1 is 1.17 bits per heavy atom. The number of hydrogen-bond acceptors (Lipinski definition) is 6. The van der Waals surface area contributed by atoms with Gasteiger partial charge in [-0.3, -0.25) is 14.9 Å². The molecule has 1 N–H and O–H groups in total. The molecule has 8 nitrogen and oxygen atoms in total. The summed E-state index contributed by atoms with van der Waals surface area (Å²) < 4.78 is 12.2. The second-order valence-corrected chi connectivity index (χ2v) is 8.86. The summed E-state index contributed by atoms with van der Waals surface area (Å²) in [5, 5.41) is 23.7. The van der Waals surface area contributed by atoms with Crippen LogP contribution in [0.1, 0.15) is 18.1 Å². The molecule has 0 bridgehead atoms. The zero-order valence-corrected chi connectivity index (χ0v) is 21.9. The molecule has 0 saturated carbocycles. The van der Waals surface area contributed by atoms with Crippen molar-refractivity contribution in [3.8, 4) is 17.6 Å². The third-order valence-electron chi connectivity index (χ3n) is 4.75. The van der Waals surface area contributed by atoms with E-state index in [9.17, 15) is 20.2 Å². The first-order valence-corrected chi connectivity index (χ1v) is 12.0. The standard InChI is InChI=1S/C25H18BrCl2N3O5/c1-2-35-23-11-15(10-19(26)24(23)36-14-16-5-3-4-6-20(16)27)9-17(13-29)25(32)30-22-12-18(31(33)34)7-8-21(22)28/h3-12H,2,14H2,1H3,(H,30,32)/b17-9+. The van der Waals surface area contributed by atoms with Gasteiger partial charge in [0.05, 0.1) is 26.7 Å². The zero-order valence-electron chi connectivity index (χ0n) is 18.8. The minimum absolute atomic E-state index is 0.0107. The Hall–Kier alpha value is -3.58. The number of nitrogens with one attached hydrogen (secondary N) is 1. The van der Waals surface area contributed by atoms with E-state index >= 15 is 0 Å². The van der Waals surface area contributed by atoms with E-state index in [0.717, 1.165) is 11.6 Å². The molecule has 0 aromatic heterocycles. The van der Waals surface area contributed by atoms with Gasteiger partial charge in [0.1, 0.15) is 18.2 Å². The average Bonchev–Trinajstić information content (AvgIpc) is 2.84. The van der Waals surface area contributed by atoms with Crippen LogP contribution in [0.15, 0.2) is 64.6 Å². The molecule has 0 aliphatic heterocycles. The predicted octanol–water partition coefficient (Wildman–Crippen LogP) is 7.19. The number of nitro groups is 1. The molecule has 11 heteroatoms. The predicted molar refractivity (Wildman–Crippen MR) is 141 cm³/mol. The van der Waals surface area contributed by atoms with Crippen LogP contribution in [0.5, 0.6) is 11.5 Å². The summed E-state index contributed by atoms with van der Waals surface area (Å²) in [7, 11) is 0. The summed E-state index contributed by atoms with van der Waals surface area (Å²) in [5.74, 6) is 0.0397. The third-order valence-corrected chi connectivity index (χ3v) is 6.03. The van der Waals surface area contributed by atoms with E-state index in [2.05, 4.69) is 21.2 Å². The molecule has 184 valence electrons. The third kappa shape index (κ3) is 6.76. The summed E-state index contributed by atoms with van der Waals surface area (Å²) in [6.45, 7) is 2.35. The topological polar surface area (TPSA) is 114 Å². The summed E-state index contributed by atoms with van der Waals surface area (Å²) in [5.41, 5.74) is 0.774. The molecule has 0 fully saturated rings. The average molecular weight is 591 g/mol. The quantitative estimate of drug-likeness (QED) is 0.122. The van der Waals surface area contributed by atoms with Crippen LogP contribution in [0.4, 0.5) is 11.4 Å². The molecule has 0 unspecified atom stereocenters. The Bertz CT molecular complexity index is 1390. The van der Waals surface area contributed by atoms with Crippen molar-refractivity contribution in [2.45, 2.75) is 13.5 Å². The first-order valence-electron chi connectivity index (χ1n) is 10.4. The van der Waals surface area contributed by atoms with Gasteiger partial charge in [0.2, 0.25) is 0 Å². The highest BCUT2D eigenvalue weighted by molar-refractivity contribution is 9.10. The molecule has 3 aromatic carbocycles. The van der Waals surface area contributed by atoms with Crippen LogP contribution in [-0.2, 0) is 11.4 Å². The number of rotatable bonds is 9. The molecular formula is C25H18BrCl2N3O5. The van der Waals surface area contributed by atoms with Crippen molar-refractivity contribution in [1.29, 1.82) is 5.26 Å². The minimum Gasteiger partial charge on any atom is -0.490 e. The molecule has 36 heavy (non-hydrogen) atoms. The van der Waals surface area contributed by atoms with Crippen LogP contribution in [-0.4, -0.2) is 17.4 Å². The van der Waals surface area contributed by atoms with Crippen molar-refractivity contribution >= 4 is 62.5 Å². The monoisotopic (exact) mass is 589 g/mol. The highest BCUT2D eigenvalue weighted by Gasteiger charge is 2.17. The highest BCUT2D eigenvalue weighted by atomic mass is 79.9. The molecule has 0 heterocycles. The van der Waals surface area contributed by atoms with E-state index in [4.69, 9.17) is 32.7 Å². The van der Waals surface area contributed by atoms with E-state index in [1.54, 1.807) is 18.2 Å². The fraction of sp³-hybridized carbons (Fsp3) is 0.120. The van der Waals surface area contributed by atoms with Crippen molar-refractivity contribution in [1.82, 2.24) is 0 Å². The van der Waals surface area contributed by atoms with Crippen LogP contribution in [0.3, 0.4) is 0 Å². The summed E-state index contributed by atoms with van der Waals surface area (Å²) in [6.07, 6.45) is 1.35. The first kappa shape index (κ1) is 27.0. The first-order chi connectivity index (χ1) is 17.2. The molecule has 0 aliphatic rings. The van der Waals surface area contributed by atoms with Crippen LogP contribution >= 0.6 is 39.1 Å². The lowest BCUT2D eigenvalue weighted by Gasteiger charge is -2.15. The van der Waals surface area contributed by atoms with E-state index in [1.165, 1.54) is 18.2 Å². The number of carbonyl (C=O) groups excluding carboxylic acids is 1. The lowest BCUT2D eigenvalue weighted by Crippen LogP contribution is -2.14. The van der Waals surface area contributed by atoms with E-state index in [1.807, 2.05) is 31.2 Å². The Kier molecular flexibility index (Phi) is 9.31. The van der Waals surface area contributed by atoms with Gasteiger partial charge in [-0.2, -0.15) is 5.26 Å². The maximum absolute atomic E-state index is 12.7. The maximum Gasteiger partial charge on any atom is 0.271 e. The molecule has 3 aromatic rings. The largest absolute Gasteiger partial charge is 0.490 e. The molecule has 1 amide bonds. The summed E-state index contributed by atoms with van der Waals surface area (Å²) in [4.78, 5) is 23.1. The highest BCUT2D eigenvalue weighted by Crippen LogP contribution is 2.38. The van der Waals surface area contributed by atoms with Crippen LogP contribution in [0, 0.1) is 21.4 Å². The van der Waals surface area contributed by atoms with E-state index in [-0.39, 0.29) is 28.6 Å². The number of anilines is 1. The van der Waals surface area contributed by atoms with E-state index in [0.29, 0.717) is 33.2 Å². The number of nitro benzene ring substituents is 1.